The van der Waals surface area contributed by atoms with E-state index in [9.17, 15) is 0 Å². The van der Waals surface area contributed by atoms with E-state index in [0.717, 1.165) is 106 Å². The average Bonchev–Trinajstić information content (AvgIpc) is 2.13. The van der Waals surface area contributed by atoms with Crippen molar-refractivity contribution in [1.29, 1.82) is 0 Å². The maximum atomic E-state index is 5.84. The summed E-state index contributed by atoms with van der Waals surface area (Å²) < 4.78 is 7.10. The van der Waals surface area contributed by atoms with Gasteiger partial charge in [-0.05, 0) is 133 Å². The van der Waals surface area contributed by atoms with Gasteiger partial charge in [-0.15, -0.1) is 0 Å². The molecule has 0 spiro atoms. The van der Waals surface area contributed by atoms with Gasteiger partial charge >= 0.3 is 0 Å². The van der Waals surface area contributed by atoms with Gasteiger partial charge in [0.25, 0.3) is 0 Å². The van der Waals surface area contributed by atoms with Crippen molar-refractivity contribution in [1.82, 2.24) is 23.7 Å². The van der Waals surface area contributed by atoms with Crippen molar-refractivity contribution in [3.63, 3.8) is 0 Å². The lowest BCUT2D eigenvalue weighted by atomic mass is 10.1. The second-order valence-corrected chi connectivity index (χ2v) is 21.1. The molecule has 8 heteroatoms. The van der Waals surface area contributed by atoms with Crippen molar-refractivity contribution in [2.24, 2.45) is 0 Å². The number of rotatable bonds is 12. The molecule has 396 valence electrons. The molecule has 84 heavy (non-hydrogen) atoms. The first-order valence-electron chi connectivity index (χ1n) is 28.4. The standard InChI is InChI=1S/C76H52N8/c1-7-25-53(26-8-1)79(60-43-46-65-62-37-19-22-40-68(62)83(72(65)50-60)57-33-15-5-16-34-57)74-52-75(80(54-27-9-2-10-28-54)61-44-47-66-63-38-20-23-41-69(63)84(73(66)51-61)58-35-17-6-18-36-58)78-76(77-74)81(55-29-11-3-12-30-55)59-45-48-71-67(49-59)64-39-21-24-42-70(64)82(71)56-31-13-4-14-32-56/h1-52H. The number of para-hydroxylation sites is 9. The van der Waals surface area contributed by atoms with Gasteiger partial charge in [-0.2, -0.15) is 9.97 Å². The van der Waals surface area contributed by atoms with Crippen molar-refractivity contribution in [2.45, 2.75) is 0 Å². The fraction of sp³-hybridized carbons (Fsp3) is 0. The molecule has 0 fully saturated rings. The molecule has 0 saturated carbocycles. The van der Waals surface area contributed by atoms with Crippen LogP contribution in [0.2, 0.25) is 0 Å². The van der Waals surface area contributed by atoms with Gasteiger partial charge < -0.3 is 13.7 Å². The maximum Gasteiger partial charge on any atom is 0.238 e. The topological polar surface area (TPSA) is 50.3 Å². The van der Waals surface area contributed by atoms with Crippen molar-refractivity contribution in [2.75, 3.05) is 14.7 Å². The highest BCUT2D eigenvalue weighted by atomic mass is 15.3. The van der Waals surface area contributed by atoms with E-state index < -0.39 is 0 Å². The highest BCUT2D eigenvalue weighted by Gasteiger charge is 2.27. The SMILES string of the molecule is c1ccc(N(c2ccc3c4ccccc4n(-c4ccccc4)c3c2)c2cc(N(c3ccccc3)c3ccc4c5ccccc5n(-c5ccccc5)c4c3)nc(N(c3ccccc3)c3ccc4c(c3)c3ccccc3n4-c3ccccc3)n2)cc1. The quantitative estimate of drug-likeness (QED) is 0.122. The van der Waals surface area contributed by atoms with Gasteiger partial charge in [0.2, 0.25) is 5.95 Å². The largest absolute Gasteiger partial charge is 0.309 e. The van der Waals surface area contributed by atoms with Gasteiger partial charge in [0.15, 0.2) is 0 Å². The lowest BCUT2D eigenvalue weighted by Gasteiger charge is -2.31. The monoisotopic (exact) mass is 1080 g/mol. The van der Waals surface area contributed by atoms with E-state index in [-0.39, 0.29) is 0 Å². The van der Waals surface area contributed by atoms with E-state index in [0.29, 0.717) is 17.6 Å². The summed E-state index contributed by atoms with van der Waals surface area (Å²) in [4.78, 5) is 18.4. The van der Waals surface area contributed by atoms with E-state index >= 15 is 0 Å². The third kappa shape index (κ3) is 8.15. The van der Waals surface area contributed by atoms with E-state index in [4.69, 9.17) is 9.97 Å². The van der Waals surface area contributed by atoms with E-state index in [1.165, 1.54) is 10.8 Å². The smallest absolute Gasteiger partial charge is 0.238 e. The second-order valence-electron chi connectivity index (χ2n) is 21.1. The molecule has 0 aliphatic carbocycles. The fourth-order valence-corrected chi connectivity index (χ4v) is 12.5. The first-order chi connectivity index (χ1) is 41.7. The Hall–Kier alpha value is -11.5. The molecule has 16 aromatic rings. The highest BCUT2D eigenvalue weighted by Crippen LogP contribution is 2.46. The summed E-state index contributed by atoms with van der Waals surface area (Å²) in [6, 6.07) is 112. The molecular formula is C76H52N8. The molecular weight excluding hydrogens is 1020 g/mol. The summed E-state index contributed by atoms with van der Waals surface area (Å²) in [5.41, 5.74) is 15.5. The third-order valence-electron chi connectivity index (χ3n) is 16.2. The summed E-state index contributed by atoms with van der Waals surface area (Å²) >= 11 is 0. The molecule has 0 saturated heterocycles. The molecule has 0 N–H and O–H groups in total. The van der Waals surface area contributed by atoms with E-state index in [1.54, 1.807) is 0 Å². The van der Waals surface area contributed by atoms with Crippen LogP contribution < -0.4 is 14.7 Å². The summed E-state index contributed by atoms with van der Waals surface area (Å²) in [5, 5.41) is 6.96. The number of aromatic nitrogens is 5. The molecule has 0 unspecified atom stereocenters. The summed E-state index contributed by atoms with van der Waals surface area (Å²) in [5.74, 6) is 1.83. The Kier molecular flexibility index (Phi) is 11.7. The van der Waals surface area contributed by atoms with Gasteiger partial charge in [0, 0.05) is 89.6 Å². The van der Waals surface area contributed by atoms with Gasteiger partial charge in [-0.3, -0.25) is 14.7 Å². The molecule has 4 aromatic heterocycles. The van der Waals surface area contributed by atoms with Gasteiger partial charge in [0.05, 0.1) is 33.1 Å². The Labute approximate surface area is 485 Å². The van der Waals surface area contributed by atoms with Gasteiger partial charge in [0.1, 0.15) is 11.6 Å². The molecule has 8 nitrogen and oxygen atoms in total. The number of hydrogen-bond acceptors (Lipinski definition) is 5. The Bertz CT molecular complexity index is 4860. The van der Waals surface area contributed by atoms with Crippen LogP contribution in [-0.4, -0.2) is 23.7 Å². The lowest BCUT2D eigenvalue weighted by molar-refractivity contribution is 1.04. The normalized spacial score (nSPS) is 11.6. The Balaban J connectivity index is 0.983. The molecule has 0 aliphatic heterocycles. The molecule has 0 aliphatic rings. The third-order valence-corrected chi connectivity index (χ3v) is 16.2. The Morgan fingerprint density at radius 1 is 0.202 bits per heavy atom. The zero-order valence-electron chi connectivity index (χ0n) is 45.6. The summed E-state index contributed by atoms with van der Waals surface area (Å²) in [7, 11) is 0. The molecule has 12 aromatic carbocycles. The molecule has 0 radical (unpaired) electrons. The van der Waals surface area contributed by atoms with Crippen LogP contribution in [0.3, 0.4) is 0 Å². The number of hydrogen-bond donors (Lipinski definition) is 0. The van der Waals surface area contributed by atoms with Crippen LogP contribution in [0.5, 0.6) is 0 Å². The Morgan fingerprint density at radius 3 is 0.917 bits per heavy atom. The molecule has 0 atom stereocenters. The van der Waals surface area contributed by atoms with Crippen molar-refractivity contribution < 1.29 is 0 Å². The minimum Gasteiger partial charge on any atom is -0.309 e. The summed E-state index contributed by atoms with van der Waals surface area (Å²) in [6.45, 7) is 0. The molecule has 0 bridgehead atoms. The number of nitrogens with zero attached hydrogens (tertiary/aromatic N) is 8. The predicted molar refractivity (Wildman–Crippen MR) is 349 cm³/mol. The number of anilines is 9. The van der Waals surface area contributed by atoms with E-state index in [2.05, 4.69) is 344 Å². The molecule has 4 heterocycles. The van der Waals surface area contributed by atoms with Crippen molar-refractivity contribution in [3.05, 3.63) is 315 Å². The second kappa shape index (κ2) is 20.3. The van der Waals surface area contributed by atoms with Gasteiger partial charge in [-0.1, -0.05) is 176 Å². The van der Waals surface area contributed by atoms with Gasteiger partial charge in [-0.25, -0.2) is 0 Å². The minimum absolute atomic E-state index is 0.487. The Morgan fingerprint density at radius 2 is 0.500 bits per heavy atom. The minimum atomic E-state index is 0.487. The van der Waals surface area contributed by atoms with Crippen LogP contribution >= 0.6 is 0 Å². The maximum absolute atomic E-state index is 5.84. The summed E-state index contributed by atoms with van der Waals surface area (Å²) in [6.07, 6.45) is 0. The average molecular weight is 1080 g/mol. The first-order valence-corrected chi connectivity index (χ1v) is 28.4. The highest BCUT2D eigenvalue weighted by molar-refractivity contribution is 6.13. The zero-order valence-corrected chi connectivity index (χ0v) is 45.6. The molecule has 16 rings (SSSR count). The van der Waals surface area contributed by atoms with E-state index in [1.807, 2.05) is 0 Å². The fourth-order valence-electron chi connectivity index (χ4n) is 12.5. The van der Waals surface area contributed by atoms with Crippen molar-refractivity contribution >= 4 is 117 Å². The van der Waals surface area contributed by atoms with Crippen LogP contribution in [0.15, 0.2) is 315 Å². The number of fused-ring (bicyclic) bond motifs is 9. The van der Waals surface area contributed by atoms with Crippen LogP contribution in [0, 0.1) is 0 Å². The lowest BCUT2D eigenvalue weighted by Crippen LogP contribution is -2.20. The van der Waals surface area contributed by atoms with Crippen LogP contribution in [-0.2, 0) is 0 Å². The number of benzene rings is 12. The molecule has 0 amide bonds. The van der Waals surface area contributed by atoms with Crippen LogP contribution in [0.1, 0.15) is 0 Å². The first kappa shape index (κ1) is 48.4. The predicted octanol–water partition coefficient (Wildman–Crippen LogP) is 20.2. The van der Waals surface area contributed by atoms with Crippen LogP contribution in [0.4, 0.5) is 51.7 Å². The zero-order chi connectivity index (χ0) is 55.5. The van der Waals surface area contributed by atoms with Crippen LogP contribution in [0.25, 0.3) is 82.5 Å². The van der Waals surface area contributed by atoms with Crippen molar-refractivity contribution in [3.8, 4) is 17.1 Å².